The van der Waals surface area contributed by atoms with Crippen LogP contribution in [-0.2, 0) is 10.0 Å². The van der Waals surface area contributed by atoms with Crippen molar-refractivity contribution in [1.29, 1.82) is 0 Å². The molecule has 2 aromatic carbocycles. The third-order valence-electron chi connectivity index (χ3n) is 2.72. The van der Waals surface area contributed by atoms with E-state index in [9.17, 15) is 13.5 Å². The molecule has 0 radical (unpaired) electrons. The van der Waals surface area contributed by atoms with Gasteiger partial charge in [0.2, 0.25) is 0 Å². The highest BCUT2D eigenvalue weighted by Gasteiger charge is 2.11. The van der Waals surface area contributed by atoms with Crippen LogP contribution >= 0.6 is 0 Å². The Bertz CT molecular complexity index is 758. The van der Waals surface area contributed by atoms with Crippen molar-refractivity contribution < 1.29 is 18.3 Å². The molecule has 0 amide bonds. The summed E-state index contributed by atoms with van der Waals surface area (Å²) in [5.41, 5.74) is 0.594. The highest BCUT2D eigenvalue weighted by Crippen LogP contribution is 2.26. The summed E-state index contributed by atoms with van der Waals surface area (Å²) in [6.07, 6.45) is 1.34. The van der Waals surface area contributed by atoms with Crippen molar-refractivity contribution in [3.8, 4) is 11.5 Å². The Balaban J connectivity index is 2.11. The molecule has 2 rings (SSSR count). The van der Waals surface area contributed by atoms with Gasteiger partial charge in [-0.15, -0.1) is 0 Å². The maximum absolute atomic E-state index is 12.0. The minimum Gasteiger partial charge on any atom is -0.504 e. The maximum Gasteiger partial charge on any atom is 0.276 e. The van der Waals surface area contributed by atoms with E-state index >= 15 is 0 Å². The lowest BCUT2D eigenvalue weighted by atomic mass is 10.2. The molecule has 0 aromatic heterocycles. The molecule has 116 valence electrons. The quantitative estimate of drug-likeness (QED) is 0.630. The van der Waals surface area contributed by atoms with Gasteiger partial charge >= 0.3 is 0 Å². The molecule has 0 heterocycles. The molecule has 0 spiro atoms. The third kappa shape index (κ3) is 3.98. The van der Waals surface area contributed by atoms with Gasteiger partial charge in [0.1, 0.15) is 0 Å². The van der Waals surface area contributed by atoms with Gasteiger partial charge in [-0.25, -0.2) is 4.83 Å². The van der Waals surface area contributed by atoms with Gasteiger partial charge in [0.25, 0.3) is 10.0 Å². The van der Waals surface area contributed by atoms with Crippen LogP contribution in [0.2, 0.25) is 0 Å². The van der Waals surface area contributed by atoms with Crippen molar-refractivity contribution in [2.24, 2.45) is 5.10 Å². The Hall–Kier alpha value is -2.54. The summed E-state index contributed by atoms with van der Waals surface area (Å²) in [4.78, 5) is 2.26. The molecule has 0 aliphatic heterocycles. The largest absolute Gasteiger partial charge is 0.504 e. The zero-order chi connectivity index (χ0) is 16.0. The molecule has 2 N–H and O–H groups in total. The Morgan fingerprint density at radius 3 is 2.64 bits per heavy atom. The molecule has 0 aliphatic carbocycles. The third-order valence-corrected chi connectivity index (χ3v) is 3.96. The van der Waals surface area contributed by atoms with E-state index in [-0.39, 0.29) is 10.6 Å². The average Bonchev–Trinajstić information content (AvgIpc) is 2.51. The first-order chi connectivity index (χ1) is 10.5. The molecule has 0 saturated carbocycles. The number of hydrazone groups is 1. The lowest BCUT2D eigenvalue weighted by Gasteiger charge is -2.06. The zero-order valence-electron chi connectivity index (χ0n) is 11.9. The van der Waals surface area contributed by atoms with Crippen LogP contribution < -0.4 is 9.57 Å². The molecule has 0 atom stereocenters. The van der Waals surface area contributed by atoms with E-state index < -0.39 is 10.0 Å². The SMILES string of the molecule is CCOc1cc(C=NNS(=O)(=O)c2ccccc2)ccc1O. The summed E-state index contributed by atoms with van der Waals surface area (Å²) in [5, 5.41) is 13.3. The van der Waals surface area contributed by atoms with Crippen LogP contribution in [0.25, 0.3) is 0 Å². The van der Waals surface area contributed by atoms with Crippen LogP contribution in [0.1, 0.15) is 12.5 Å². The van der Waals surface area contributed by atoms with E-state index in [0.717, 1.165) is 0 Å². The lowest BCUT2D eigenvalue weighted by Crippen LogP contribution is -2.18. The summed E-state index contributed by atoms with van der Waals surface area (Å²) in [6, 6.07) is 12.6. The van der Waals surface area contributed by atoms with E-state index in [2.05, 4.69) is 9.93 Å². The number of rotatable bonds is 6. The number of benzene rings is 2. The van der Waals surface area contributed by atoms with E-state index in [1.54, 1.807) is 37.3 Å². The molecule has 6 nitrogen and oxygen atoms in total. The van der Waals surface area contributed by atoms with Crippen LogP contribution in [0.3, 0.4) is 0 Å². The number of phenolic OH excluding ortho intramolecular Hbond substituents is 1. The number of sulfonamides is 1. The molecule has 0 bridgehead atoms. The summed E-state index contributed by atoms with van der Waals surface area (Å²) in [7, 11) is -3.69. The number of nitrogens with one attached hydrogen (secondary N) is 1. The Labute approximate surface area is 129 Å². The highest BCUT2D eigenvalue weighted by molar-refractivity contribution is 7.89. The number of ether oxygens (including phenoxy) is 1. The fraction of sp³-hybridized carbons (Fsp3) is 0.133. The normalized spacial score (nSPS) is 11.5. The number of hydrogen-bond acceptors (Lipinski definition) is 5. The Morgan fingerprint density at radius 1 is 1.23 bits per heavy atom. The predicted octanol–water partition coefficient (Wildman–Crippen LogP) is 2.10. The lowest BCUT2D eigenvalue weighted by molar-refractivity contribution is 0.318. The summed E-state index contributed by atoms with van der Waals surface area (Å²) in [6.45, 7) is 2.21. The van der Waals surface area contributed by atoms with Gasteiger partial charge in [-0.2, -0.15) is 13.5 Å². The van der Waals surface area contributed by atoms with E-state index in [4.69, 9.17) is 4.74 Å². The van der Waals surface area contributed by atoms with Crippen LogP contribution in [0.15, 0.2) is 58.5 Å². The number of hydrogen-bond donors (Lipinski definition) is 2. The molecule has 0 saturated heterocycles. The van der Waals surface area contributed by atoms with Crippen LogP contribution in [-0.4, -0.2) is 26.3 Å². The minimum absolute atomic E-state index is 0.0175. The second kappa shape index (κ2) is 6.95. The van der Waals surface area contributed by atoms with Gasteiger partial charge in [0.15, 0.2) is 11.5 Å². The molecule has 0 fully saturated rings. The second-order valence-electron chi connectivity index (χ2n) is 4.33. The van der Waals surface area contributed by atoms with Gasteiger partial charge in [-0.3, -0.25) is 0 Å². The van der Waals surface area contributed by atoms with Gasteiger partial charge < -0.3 is 9.84 Å². The van der Waals surface area contributed by atoms with Gasteiger partial charge in [-0.1, -0.05) is 18.2 Å². The second-order valence-corrected chi connectivity index (χ2v) is 5.99. The first-order valence-electron chi connectivity index (χ1n) is 6.58. The molecule has 0 unspecified atom stereocenters. The molecular formula is C15H16N2O4S. The van der Waals surface area contributed by atoms with Crippen LogP contribution in [0, 0.1) is 0 Å². The van der Waals surface area contributed by atoms with Crippen molar-refractivity contribution in [3.05, 3.63) is 54.1 Å². The van der Waals surface area contributed by atoms with Crippen molar-refractivity contribution >= 4 is 16.2 Å². The van der Waals surface area contributed by atoms with Crippen molar-refractivity contribution in [3.63, 3.8) is 0 Å². The highest BCUT2D eigenvalue weighted by atomic mass is 32.2. The molecular weight excluding hydrogens is 304 g/mol. The maximum atomic E-state index is 12.0. The van der Waals surface area contributed by atoms with Crippen LogP contribution in [0.4, 0.5) is 0 Å². The first-order valence-corrected chi connectivity index (χ1v) is 8.07. The summed E-state index contributed by atoms with van der Waals surface area (Å²) < 4.78 is 29.2. The molecule has 0 aliphatic rings. The molecule has 7 heteroatoms. The van der Waals surface area contributed by atoms with Gasteiger partial charge in [0, 0.05) is 0 Å². The smallest absolute Gasteiger partial charge is 0.276 e. The van der Waals surface area contributed by atoms with Crippen LogP contribution in [0.5, 0.6) is 11.5 Å². The molecule has 2 aromatic rings. The number of nitrogens with zero attached hydrogens (tertiary/aromatic N) is 1. The van der Waals surface area contributed by atoms with E-state index in [1.807, 2.05) is 0 Å². The fourth-order valence-corrected chi connectivity index (χ4v) is 2.52. The van der Waals surface area contributed by atoms with Gasteiger partial charge in [-0.05, 0) is 42.8 Å². The van der Waals surface area contributed by atoms with Crippen molar-refractivity contribution in [2.45, 2.75) is 11.8 Å². The fourth-order valence-electron chi connectivity index (χ4n) is 1.70. The van der Waals surface area contributed by atoms with E-state index in [1.165, 1.54) is 24.4 Å². The zero-order valence-corrected chi connectivity index (χ0v) is 12.7. The minimum atomic E-state index is -3.69. The molecule has 22 heavy (non-hydrogen) atoms. The average molecular weight is 320 g/mol. The first kappa shape index (κ1) is 15.8. The predicted molar refractivity (Wildman–Crippen MR) is 83.6 cm³/mol. The summed E-state index contributed by atoms with van der Waals surface area (Å²) in [5.74, 6) is 0.334. The Morgan fingerprint density at radius 2 is 1.95 bits per heavy atom. The van der Waals surface area contributed by atoms with E-state index in [0.29, 0.717) is 17.9 Å². The Kier molecular flexibility index (Phi) is 5.00. The number of aromatic hydroxyl groups is 1. The topological polar surface area (TPSA) is 88.0 Å². The number of phenols is 1. The summed E-state index contributed by atoms with van der Waals surface area (Å²) >= 11 is 0. The van der Waals surface area contributed by atoms with Gasteiger partial charge in [0.05, 0.1) is 17.7 Å². The standard InChI is InChI=1S/C15H16N2O4S/c1-2-21-15-10-12(8-9-14(15)18)11-16-17-22(19,20)13-6-4-3-5-7-13/h3-11,17-18H,2H2,1H3. The van der Waals surface area contributed by atoms with Crippen molar-refractivity contribution in [1.82, 2.24) is 4.83 Å². The monoisotopic (exact) mass is 320 g/mol. The van der Waals surface area contributed by atoms with Crippen molar-refractivity contribution in [2.75, 3.05) is 6.61 Å².